The van der Waals surface area contributed by atoms with Gasteiger partial charge in [-0.05, 0) is 12.7 Å². The minimum Gasteiger partial charge on any atom is -0.390 e. The molecule has 4 nitrogen and oxygen atoms in total. The Morgan fingerprint density at radius 3 is 2.83 bits per heavy atom. The summed E-state index contributed by atoms with van der Waals surface area (Å²) in [5, 5.41) is 13.5. The van der Waals surface area contributed by atoms with Crippen molar-refractivity contribution in [2.75, 3.05) is 6.26 Å². The van der Waals surface area contributed by atoms with Crippen LogP contribution in [0.1, 0.15) is 18.7 Å². The predicted octanol–water partition coefficient (Wildman–Crippen LogP) is 0.911. The Balaban J connectivity index is 2.69. The summed E-state index contributed by atoms with van der Waals surface area (Å²) in [5.74, 6) is 0. The molecule has 2 atom stereocenters. The van der Waals surface area contributed by atoms with Gasteiger partial charge in [0.25, 0.3) is 0 Å². The Morgan fingerprint density at radius 2 is 2.42 bits per heavy atom. The van der Waals surface area contributed by atoms with Crippen LogP contribution < -0.4 is 0 Å². The van der Waals surface area contributed by atoms with Crippen molar-refractivity contribution in [3.63, 3.8) is 0 Å². The molecule has 1 N–H and O–H groups in total. The van der Waals surface area contributed by atoms with Crippen LogP contribution in [-0.2, 0) is 0 Å². The zero-order valence-electron chi connectivity index (χ0n) is 7.21. The van der Waals surface area contributed by atoms with Gasteiger partial charge in [-0.1, -0.05) is 6.92 Å². The second kappa shape index (κ2) is 4.47. The monoisotopic (exact) mass is 187 g/mol. The maximum absolute atomic E-state index is 9.58. The Kier molecular flexibility index (Phi) is 3.55. The van der Waals surface area contributed by atoms with Gasteiger partial charge in [0, 0.05) is 0 Å². The molecule has 0 aromatic carbocycles. The minimum absolute atomic E-state index is 0.0162. The number of aromatic nitrogens is 3. The molecule has 0 amide bonds. The van der Waals surface area contributed by atoms with E-state index in [-0.39, 0.29) is 11.5 Å². The van der Waals surface area contributed by atoms with Gasteiger partial charge in [-0.3, -0.25) is 0 Å². The molecule has 1 rings (SSSR count). The molecule has 5 heteroatoms. The number of hydrogen-bond donors (Lipinski definition) is 1. The fraction of sp³-hybridized carbons (Fsp3) is 0.714. The van der Waals surface area contributed by atoms with Crippen LogP contribution >= 0.6 is 11.8 Å². The fourth-order valence-corrected chi connectivity index (χ4v) is 1.82. The second-order valence-corrected chi connectivity index (χ2v) is 3.43. The van der Waals surface area contributed by atoms with Crippen molar-refractivity contribution in [3.05, 3.63) is 12.7 Å². The van der Waals surface area contributed by atoms with Crippen molar-refractivity contribution in [1.29, 1.82) is 0 Å². The van der Waals surface area contributed by atoms with Crippen LogP contribution in [0.5, 0.6) is 0 Å². The molecular weight excluding hydrogens is 174 g/mol. The van der Waals surface area contributed by atoms with E-state index in [2.05, 4.69) is 10.1 Å². The molecule has 1 heterocycles. The zero-order chi connectivity index (χ0) is 8.97. The molecule has 68 valence electrons. The number of aliphatic hydroxyl groups is 1. The highest BCUT2D eigenvalue weighted by Gasteiger charge is 2.18. The number of hydrogen-bond acceptors (Lipinski definition) is 4. The van der Waals surface area contributed by atoms with E-state index < -0.39 is 0 Å². The summed E-state index contributed by atoms with van der Waals surface area (Å²) in [6.07, 6.45) is 5.42. The van der Waals surface area contributed by atoms with Crippen molar-refractivity contribution < 1.29 is 5.11 Å². The normalized spacial score (nSPS) is 15.9. The average Bonchev–Trinajstić information content (AvgIpc) is 2.58. The van der Waals surface area contributed by atoms with Gasteiger partial charge in [-0.2, -0.15) is 5.10 Å². The molecule has 1 aromatic heterocycles. The van der Waals surface area contributed by atoms with E-state index in [1.165, 1.54) is 6.33 Å². The molecule has 12 heavy (non-hydrogen) atoms. The van der Waals surface area contributed by atoms with E-state index in [0.717, 1.165) is 6.42 Å². The lowest BCUT2D eigenvalue weighted by Gasteiger charge is -2.19. The highest BCUT2D eigenvalue weighted by Crippen LogP contribution is 2.23. The summed E-state index contributed by atoms with van der Waals surface area (Å²) >= 11 is 1.57. The van der Waals surface area contributed by atoms with E-state index in [4.69, 9.17) is 0 Å². The fourth-order valence-electron chi connectivity index (χ4n) is 0.992. The maximum Gasteiger partial charge on any atom is 0.137 e. The SMILES string of the molecule is CCC(O)C(SC)n1cncn1. The molecule has 0 saturated heterocycles. The Labute approximate surface area is 76.0 Å². The lowest BCUT2D eigenvalue weighted by Crippen LogP contribution is -2.20. The Morgan fingerprint density at radius 1 is 1.67 bits per heavy atom. The Bertz CT molecular complexity index is 214. The van der Waals surface area contributed by atoms with Crippen molar-refractivity contribution in [1.82, 2.24) is 14.8 Å². The van der Waals surface area contributed by atoms with Crippen LogP contribution in [-0.4, -0.2) is 32.2 Å². The van der Waals surface area contributed by atoms with Gasteiger partial charge < -0.3 is 5.11 Å². The zero-order valence-corrected chi connectivity index (χ0v) is 8.03. The van der Waals surface area contributed by atoms with Gasteiger partial charge in [-0.15, -0.1) is 11.8 Å². The maximum atomic E-state index is 9.58. The van der Waals surface area contributed by atoms with Crippen LogP contribution in [0.15, 0.2) is 12.7 Å². The molecule has 0 bridgehead atoms. The molecule has 0 radical (unpaired) electrons. The largest absolute Gasteiger partial charge is 0.390 e. The minimum atomic E-state index is -0.360. The van der Waals surface area contributed by atoms with Crippen LogP contribution in [0.3, 0.4) is 0 Å². The second-order valence-electron chi connectivity index (χ2n) is 2.48. The number of thioether (sulfide) groups is 1. The van der Waals surface area contributed by atoms with Gasteiger partial charge in [0.2, 0.25) is 0 Å². The van der Waals surface area contributed by atoms with Crippen molar-refractivity contribution in [3.8, 4) is 0 Å². The Hall–Kier alpha value is -0.550. The predicted molar refractivity (Wildman–Crippen MR) is 48.9 cm³/mol. The summed E-state index contributed by atoms with van der Waals surface area (Å²) in [4.78, 5) is 3.84. The van der Waals surface area contributed by atoms with Crippen LogP contribution in [0.25, 0.3) is 0 Å². The van der Waals surface area contributed by atoms with Gasteiger partial charge in [-0.25, -0.2) is 9.67 Å². The van der Waals surface area contributed by atoms with E-state index in [0.29, 0.717) is 0 Å². The van der Waals surface area contributed by atoms with E-state index in [9.17, 15) is 5.11 Å². The van der Waals surface area contributed by atoms with Crippen LogP contribution in [0, 0.1) is 0 Å². The first-order valence-corrected chi connectivity index (χ1v) is 5.13. The van der Waals surface area contributed by atoms with Crippen LogP contribution in [0.4, 0.5) is 0 Å². The van der Waals surface area contributed by atoms with E-state index >= 15 is 0 Å². The first kappa shape index (κ1) is 9.54. The molecule has 0 aliphatic carbocycles. The van der Waals surface area contributed by atoms with Crippen molar-refractivity contribution in [2.24, 2.45) is 0 Å². The summed E-state index contributed by atoms with van der Waals surface area (Å²) < 4.78 is 1.68. The molecule has 2 unspecified atom stereocenters. The van der Waals surface area contributed by atoms with E-state index in [1.54, 1.807) is 22.8 Å². The molecule has 0 saturated carbocycles. The van der Waals surface area contributed by atoms with Crippen LogP contribution in [0.2, 0.25) is 0 Å². The van der Waals surface area contributed by atoms with Gasteiger partial charge in [0.1, 0.15) is 18.0 Å². The van der Waals surface area contributed by atoms with Gasteiger partial charge in [0.05, 0.1) is 6.10 Å². The smallest absolute Gasteiger partial charge is 0.137 e. The summed E-state index contributed by atoms with van der Waals surface area (Å²) in [7, 11) is 0. The first-order valence-electron chi connectivity index (χ1n) is 3.84. The lowest BCUT2D eigenvalue weighted by atomic mass is 10.3. The first-order chi connectivity index (χ1) is 5.79. The molecule has 0 spiro atoms. The standard InChI is InChI=1S/C7H13N3OS/c1-3-6(11)7(12-2)10-5-8-4-9-10/h4-7,11H,3H2,1-2H3. The van der Waals surface area contributed by atoms with Gasteiger partial charge >= 0.3 is 0 Å². The molecule has 0 fully saturated rings. The summed E-state index contributed by atoms with van der Waals surface area (Å²) in [6.45, 7) is 1.95. The highest BCUT2D eigenvalue weighted by atomic mass is 32.2. The highest BCUT2D eigenvalue weighted by molar-refractivity contribution is 7.98. The summed E-state index contributed by atoms with van der Waals surface area (Å²) in [5.41, 5.74) is 0. The van der Waals surface area contributed by atoms with Gasteiger partial charge in [0.15, 0.2) is 0 Å². The van der Waals surface area contributed by atoms with Crippen molar-refractivity contribution >= 4 is 11.8 Å². The number of nitrogens with zero attached hydrogens (tertiary/aromatic N) is 3. The molecule has 0 aliphatic rings. The molecule has 1 aromatic rings. The number of rotatable bonds is 4. The molecular formula is C7H13N3OS. The lowest BCUT2D eigenvalue weighted by molar-refractivity contribution is 0.141. The van der Waals surface area contributed by atoms with Crippen molar-refractivity contribution in [2.45, 2.75) is 24.8 Å². The molecule has 0 aliphatic heterocycles. The topological polar surface area (TPSA) is 50.9 Å². The third kappa shape index (κ3) is 1.98. The summed E-state index contributed by atoms with van der Waals surface area (Å²) in [6, 6.07) is 0. The van der Waals surface area contributed by atoms with E-state index in [1.807, 2.05) is 13.2 Å². The average molecular weight is 187 g/mol. The third-order valence-electron chi connectivity index (χ3n) is 1.69. The third-order valence-corrected chi connectivity index (χ3v) is 2.70. The quantitative estimate of drug-likeness (QED) is 0.761. The number of aliphatic hydroxyl groups excluding tert-OH is 1.